The second kappa shape index (κ2) is 10.6. The molecule has 0 aliphatic rings. The number of nitrogen functional groups attached to an aromatic ring is 1. The number of amides is 1. The summed E-state index contributed by atoms with van der Waals surface area (Å²) in [6.07, 6.45) is 4.81. The summed E-state index contributed by atoms with van der Waals surface area (Å²) in [5, 5.41) is 23.7. The van der Waals surface area contributed by atoms with Crippen LogP contribution in [0.5, 0.6) is 0 Å². The van der Waals surface area contributed by atoms with Gasteiger partial charge in [-0.25, -0.2) is 4.98 Å². The fourth-order valence-electron chi connectivity index (χ4n) is 3.78. The zero-order valence-corrected chi connectivity index (χ0v) is 18.8. The van der Waals surface area contributed by atoms with Crippen LogP contribution in [0.2, 0.25) is 0 Å². The number of aliphatic hydroxyl groups excluding tert-OH is 1. The third-order valence-corrected chi connectivity index (χ3v) is 5.62. The Kier molecular flexibility index (Phi) is 7.19. The molecule has 7 N–H and O–H groups in total. The minimum absolute atomic E-state index is 0.0288. The molecule has 0 bridgehead atoms. The van der Waals surface area contributed by atoms with Crippen molar-refractivity contribution in [2.75, 3.05) is 25.0 Å². The third kappa shape index (κ3) is 5.41. The number of hydrogen-bond acceptors (Lipinski definition) is 5. The van der Waals surface area contributed by atoms with Gasteiger partial charge in [0.15, 0.2) is 0 Å². The average molecular weight is 457 g/mol. The molecule has 0 unspecified atom stereocenters. The van der Waals surface area contributed by atoms with Crippen molar-refractivity contribution in [3.05, 3.63) is 83.7 Å². The maximum Gasteiger partial charge on any atom is 0.251 e. The average Bonchev–Trinajstić information content (AvgIpc) is 3.28. The van der Waals surface area contributed by atoms with E-state index in [-0.39, 0.29) is 18.3 Å². The van der Waals surface area contributed by atoms with Crippen LogP contribution < -0.4 is 16.4 Å². The standard InChI is InChI=1S/C26H28N6O2/c27-25(28)22-16-32-23-7-2-17(14-21(22)23)8-11-31-26(34)19-5-3-18(4-6-19)20-9-12-30-24(15-20)29-10-1-13-33/h2-7,9,12,14-16,32-33H,1,8,10-11,13H2,(H3,27,28)(H,29,30)(H,31,34). The third-order valence-electron chi connectivity index (χ3n) is 5.62. The van der Waals surface area contributed by atoms with Crippen molar-refractivity contribution in [1.82, 2.24) is 15.3 Å². The number of carbonyl (C=O) groups excluding carboxylic acids is 1. The van der Waals surface area contributed by atoms with Crippen molar-refractivity contribution in [2.24, 2.45) is 5.73 Å². The maximum absolute atomic E-state index is 12.6. The van der Waals surface area contributed by atoms with Gasteiger partial charge in [0.05, 0.1) is 0 Å². The summed E-state index contributed by atoms with van der Waals surface area (Å²) < 4.78 is 0. The normalized spacial score (nSPS) is 10.9. The number of hydrogen-bond donors (Lipinski definition) is 6. The maximum atomic E-state index is 12.6. The second-order valence-corrected chi connectivity index (χ2v) is 8.01. The molecule has 8 heteroatoms. The van der Waals surface area contributed by atoms with Gasteiger partial charge in [0.1, 0.15) is 11.7 Å². The highest BCUT2D eigenvalue weighted by atomic mass is 16.3. The summed E-state index contributed by atoms with van der Waals surface area (Å²) in [7, 11) is 0. The van der Waals surface area contributed by atoms with Crippen molar-refractivity contribution in [2.45, 2.75) is 12.8 Å². The molecule has 4 rings (SSSR count). The van der Waals surface area contributed by atoms with Gasteiger partial charge in [-0.2, -0.15) is 0 Å². The molecule has 8 nitrogen and oxygen atoms in total. The molecule has 0 saturated carbocycles. The van der Waals surface area contributed by atoms with E-state index >= 15 is 0 Å². The Morgan fingerprint density at radius 2 is 1.88 bits per heavy atom. The highest BCUT2D eigenvalue weighted by Crippen LogP contribution is 2.22. The lowest BCUT2D eigenvalue weighted by Crippen LogP contribution is -2.25. The Morgan fingerprint density at radius 1 is 1.06 bits per heavy atom. The minimum Gasteiger partial charge on any atom is -0.396 e. The highest BCUT2D eigenvalue weighted by molar-refractivity contribution is 6.07. The van der Waals surface area contributed by atoms with Crippen LogP contribution in [0.15, 0.2) is 67.0 Å². The van der Waals surface area contributed by atoms with E-state index in [4.69, 9.17) is 16.2 Å². The van der Waals surface area contributed by atoms with Crippen molar-refractivity contribution in [1.29, 1.82) is 5.41 Å². The molecule has 0 atom stereocenters. The monoisotopic (exact) mass is 456 g/mol. The summed E-state index contributed by atoms with van der Waals surface area (Å²) in [6, 6.07) is 17.3. The van der Waals surface area contributed by atoms with E-state index in [2.05, 4.69) is 20.6 Å². The largest absolute Gasteiger partial charge is 0.396 e. The molecule has 0 saturated heterocycles. The Labute approximate surface area is 197 Å². The van der Waals surface area contributed by atoms with Crippen LogP contribution in [0.25, 0.3) is 22.0 Å². The van der Waals surface area contributed by atoms with Crippen LogP contribution >= 0.6 is 0 Å². The number of amidine groups is 1. The zero-order valence-electron chi connectivity index (χ0n) is 18.8. The van der Waals surface area contributed by atoms with Gasteiger partial charge >= 0.3 is 0 Å². The molecule has 0 aliphatic carbocycles. The first-order valence-electron chi connectivity index (χ1n) is 11.2. The van der Waals surface area contributed by atoms with Gasteiger partial charge in [-0.3, -0.25) is 10.2 Å². The molecule has 34 heavy (non-hydrogen) atoms. The van der Waals surface area contributed by atoms with E-state index < -0.39 is 0 Å². The number of benzene rings is 2. The summed E-state index contributed by atoms with van der Waals surface area (Å²) in [5.41, 5.74) is 10.9. The number of carbonyl (C=O) groups is 1. The first kappa shape index (κ1) is 23.0. The Morgan fingerprint density at radius 3 is 2.65 bits per heavy atom. The van der Waals surface area contributed by atoms with Crippen molar-refractivity contribution >= 4 is 28.5 Å². The fourth-order valence-corrected chi connectivity index (χ4v) is 3.78. The highest BCUT2D eigenvalue weighted by Gasteiger charge is 2.09. The molecule has 2 heterocycles. The van der Waals surface area contributed by atoms with Gasteiger partial charge < -0.3 is 26.5 Å². The number of aromatic nitrogens is 2. The van der Waals surface area contributed by atoms with Crippen molar-refractivity contribution in [3.63, 3.8) is 0 Å². The van der Waals surface area contributed by atoms with Gasteiger partial charge in [0, 0.05) is 54.1 Å². The van der Waals surface area contributed by atoms with Gasteiger partial charge in [-0.05, 0) is 65.9 Å². The first-order chi connectivity index (χ1) is 16.5. The summed E-state index contributed by atoms with van der Waals surface area (Å²) >= 11 is 0. The van der Waals surface area contributed by atoms with Crippen LogP contribution in [0, 0.1) is 5.41 Å². The van der Waals surface area contributed by atoms with Gasteiger partial charge in [0.25, 0.3) is 5.91 Å². The minimum atomic E-state index is -0.125. The Balaban J connectivity index is 1.34. The van der Waals surface area contributed by atoms with Crippen LogP contribution in [0.1, 0.15) is 27.9 Å². The van der Waals surface area contributed by atoms with Crippen LogP contribution in [-0.2, 0) is 6.42 Å². The number of aromatic amines is 1. The zero-order chi connectivity index (χ0) is 23.9. The number of nitrogens with zero attached hydrogens (tertiary/aromatic N) is 1. The van der Waals surface area contributed by atoms with Gasteiger partial charge in [-0.15, -0.1) is 0 Å². The number of fused-ring (bicyclic) bond motifs is 1. The van der Waals surface area contributed by atoms with Crippen LogP contribution in [-0.4, -0.2) is 46.5 Å². The van der Waals surface area contributed by atoms with E-state index in [1.807, 2.05) is 54.6 Å². The molecule has 1 amide bonds. The number of anilines is 1. The Hall–Kier alpha value is -4.17. The van der Waals surface area contributed by atoms with E-state index in [1.54, 1.807) is 12.4 Å². The molecule has 0 radical (unpaired) electrons. The molecule has 174 valence electrons. The molecule has 0 aliphatic heterocycles. The number of rotatable bonds is 10. The second-order valence-electron chi connectivity index (χ2n) is 8.01. The van der Waals surface area contributed by atoms with E-state index in [9.17, 15) is 4.79 Å². The molecule has 0 spiro atoms. The number of H-pyrrole nitrogens is 1. The Bertz CT molecular complexity index is 1300. The van der Waals surface area contributed by atoms with Crippen LogP contribution in [0.4, 0.5) is 5.82 Å². The fraction of sp³-hybridized carbons (Fsp3) is 0.192. The predicted octanol–water partition coefficient (Wildman–Crippen LogP) is 3.28. The van der Waals surface area contributed by atoms with Crippen LogP contribution in [0.3, 0.4) is 0 Å². The SMILES string of the molecule is N=C(N)c1c[nH]c2ccc(CCNC(=O)c3ccc(-c4ccnc(NCCCO)c4)cc3)cc12. The van der Waals surface area contributed by atoms with Crippen molar-refractivity contribution < 1.29 is 9.90 Å². The molecular weight excluding hydrogens is 428 g/mol. The van der Waals surface area contributed by atoms with E-state index in [1.165, 1.54) is 0 Å². The topological polar surface area (TPSA) is 140 Å². The summed E-state index contributed by atoms with van der Waals surface area (Å²) in [6.45, 7) is 1.29. The summed E-state index contributed by atoms with van der Waals surface area (Å²) in [5.74, 6) is 0.655. The van der Waals surface area contributed by atoms with Gasteiger partial charge in [0.2, 0.25) is 0 Å². The van der Waals surface area contributed by atoms with Gasteiger partial charge in [-0.1, -0.05) is 18.2 Å². The lowest BCUT2D eigenvalue weighted by atomic mass is 10.0. The number of nitrogens with one attached hydrogen (secondary N) is 4. The summed E-state index contributed by atoms with van der Waals surface area (Å²) in [4.78, 5) is 20.0. The number of pyridine rings is 1. The van der Waals surface area contributed by atoms with E-state index in [0.29, 0.717) is 37.1 Å². The smallest absolute Gasteiger partial charge is 0.251 e. The quantitative estimate of drug-likeness (QED) is 0.123. The lowest BCUT2D eigenvalue weighted by molar-refractivity contribution is 0.0954. The predicted molar refractivity (Wildman–Crippen MR) is 135 cm³/mol. The molecule has 2 aromatic heterocycles. The molecule has 2 aromatic carbocycles. The molecular formula is C26H28N6O2. The lowest BCUT2D eigenvalue weighted by Gasteiger charge is -2.09. The van der Waals surface area contributed by atoms with E-state index in [0.717, 1.165) is 33.4 Å². The number of nitrogens with two attached hydrogens (primary N) is 1. The molecule has 4 aromatic rings. The molecule has 0 fully saturated rings. The van der Waals surface area contributed by atoms with Crippen molar-refractivity contribution in [3.8, 4) is 11.1 Å². The first-order valence-corrected chi connectivity index (χ1v) is 11.2. The number of aliphatic hydroxyl groups is 1.